The molecule has 4 nitrogen and oxygen atoms in total. The molecular weight excluding hydrogens is 379 g/mol. The minimum atomic E-state index is -0.288. The van der Waals surface area contributed by atoms with E-state index in [0.29, 0.717) is 20.7 Å². The molecule has 128 valence electrons. The van der Waals surface area contributed by atoms with Crippen LogP contribution in [0, 0.1) is 0 Å². The molecule has 0 saturated carbocycles. The minimum Gasteiger partial charge on any atom is -0.506 e. The van der Waals surface area contributed by atoms with Crippen molar-refractivity contribution < 1.29 is 9.90 Å². The Hall–Kier alpha value is -1.95. The van der Waals surface area contributed by atoms with E-state index >= 15 is 0 Å². The Morgan fingerprint density at radius 2 is 1.96 bits per heavy atom. The Morgan fingerprint density at radius 1 is 1.24 bits per heavy atom. The lowest BCUT2D eigenvalue weighted by Crippen LogP contribution is -2.19. The highest BCUT2D eigenvalue weighted by molar-refractivity contribution is 8.18. The topological polar surface area (TPSA) is 61.7 Å². The summed E-state index contributed by atoms with van der Waals surface area (Å²) >= 11 is 13.0. The van der Waals surface area contributed by atoms with E-state index in [0.717, 1.165) is 12.1 Å². The molecule has 0 bridgehead atoms. The zero-order valence-corrected chi connectivity index (χ0v) is 15.5. The maximum Gasteiger partial charge on any atom is 0.264 e. The van der Waals surface area contributed by atoms with Crippen molar-refractivity contribution in [2.45, 2.75) is 13.3 Å². The quantitative estimate of drug-likeness (QED) is 0.709. The number of amidine groups is 1. The zero-order valence-electron chi connectivity index (χ0n) is 13.2. The first-order valence-corrected chi connectivity index (χ1v) is 9.10. The normalized spacial score (nSPS) is 17.3. The number of benzene rings is 2. The van der Waals surface area contributed by atoms with Gasteiger partial charge in [0, 0.05) is 10.6 Å². The molecule has 1 aliphatic heterocycles. The van der Waals surface area contributed by atoms with Crippen molar-refractivity contribution in [3.05, 3.63) is 62.5 Å². The standard InChI is InChI=1S/C18H14Cl2N2O2S/c1-2-10-3-5-13(6-4-10)21-18-22-17(24)15(25-18)8-11-7-12(19)9-14(20)16(11)23/h3-9,23H,2H2,1H3,(H,21,22,24)/b15-8-. The summed E-state index contributed by atoms with van der Waals surface area (Å²) in [5.41, 5.74) is 2.36. The number of rotatable bonds is 3. The van der Waals surface area contributed by atoms with Crippen LogP contribution in [0.2, 0.25) is 10.0 Å². The molecule has 1 aliphatic rings. The molecule has 1 amide bonds. The molecule has 2 aromatic carbocycles. The third-order valence-electron chi connectivity index (χ3n) is 3.57. The second-order valence-electron chi connectivity index (χ2n) is 5.33. The molecule has 25 heavy (non-hydrogen) atoms. The summed E-state index contributed by atoms with van der Waals surface area (Å²) in [7, 11) is 0. The van der Waals surface area contributed by atoms with Gasteiger partial charge in [0.25, 0.3) is 5.91 Å². The van der Waals surface area contributed by atoms with Crippen LogP contribution in [-0.4, -0.2) is 16.2 Å². The van der Waals surface area contributed by atoms with Gasteiger partial charge in [-0.15, -0.1) is 0 Å². The number of nitrogens with one attached hydrogen (secondary N) is 1. The van der Waals surface area contributed by atoms with E-state index in [2.05, 4.69) is 17.2 Å². The molecule has 0 radical (unpaired) electrons. The Labute approximate surface area is 159 Å². The second kappa shape index (κ2) is 7.52. The van der Waals surface area contributed by atoms with Crippen molar-refractivity contribution >= 4 is 57.8 Å². The molecule has 3 rings (SSSR count). The molecule has 0 aliphatic carbocycles. The number of carbonyl (C=O) groups excluding carboxylic acids is 1. The molecular formula is C18H14Cl2N2O2S. The summed E-state index contributed by atoms with van der Waals surface area (Å²) in [4.78, 5) is 17.0. The number of halogens is 2. The predicted molar refractivity (Wildman–Crippen MR) is 105 cm³/mol. The second-order valence-corrected chi connectivity index (χ2v) is 7.20. The molecule has 2 aromatic rings. The van der Waals surface area contributed by atoms with Gasteiger partial charge < -0.3 is 10.4 Å². The van der Waals surface area contributed by atoms with Gasteiger partial charge in [0.1, 0.15) is 5.75 Å². The van der Waals surface area contributed by atoms with E-state index in [1.807, 2.05) is 24.3 Å². The Bertz CT molecular complexity index is 893. The summed E-state index contributed by atoms with van der Waals surface area (Å²) in [6.07, 6.45) is 2.50. The van der Waals surface area contributed by atoms with Crippen LogP contribution in [0.4, 0.5) is 5.69 Å². The molecule has 0 unspecified atom stereocenters. The fourth-order valence-corrected chi connectivity index (χ4v) is 3.58. The lowest BCUT2D eigenvalue weighted by atomic mass is 10.2. The number of phenolic OH excluding ortho intramolecular Hbond substituents is 1. The molecule has 1 saturated heterocycles. The van der Waals surface area contributed by atoms with Crippen LogP contribution in [0.15, 0.2) is 46.3 Å². The maximum absolute atomic E-state index is 12.1. The zero-order chi connectivity index (χ0) is 18.0. The van der Waals surface area contributed by atoms with Crippen molar-refractivity contribution in [2.75, 3.05) is 0 Å². The lowest BCUT2D eigenvalue weighted by molar-refractivity contribution is -0.115. The first-order valence-electron chi connectivity index (χ1n) is 7.53. The molecule has 0 spiro atoms. The van der Waals surface area contributed by atoms with E-state index in [1.54, 1.807) is 6.07 Å². The van der Waals surface area contributed by atoms with Crippen LogP contribution >= 0.6 is 35.0 Å². The first-order chi connectivity index (χ1) is 12.0. The van der Waals surface area contributed by atoms with E-state index in [1.165, 1.54) is 29.5 Å². The lowest BCUT2D eigenvalue weighted by Gasteiger charge is -2.03. The molecule has 1 fully saturated rings. The number of aryl methyl sites for hydroxylation is 1. The monoisotopic (exact) mass is 392 g/mol. The van der Waals surface area contributed by atoms with Crippen LogP contribution in [0.3, 0.4) is 0 Å². The van der Waals surface area contributed by atoms with Crippen molar-refractivity contribution in [2.24, 2.45) is 4.99 Å². The number of thioether (sulfide) groups is 1. The van der Waals surface area contributed by atoms with E-state index < -0.39 is 0 Å². The summed E-state index contributed by atoms with van der Waals surface area (Å²) < 4.78 is 0. The third kappa shape index (κ3) is 4.18. The van der Waals surface area contributed by atoms with E-state index in [-0.39, 0.29) is 16.7 Å². The van der Waals surface area contributed by atoms with Gasteiger partial charge in [-0.1, -0.05) is 42.3 Å². The number of amides is 1. The fourth-order valence-electron chi connectivity index (χ4n) is 2.24. The minimum absolute atomic E-state index is 0.118. The Kier molecular flexibility index (Phi) is 5.37. The van der Waals surface area contributed by atoms with Gasteiger partial charge >= 0.3 is 0 Å². The summed E-state index contributed by atoms with van der Waals surface area (Å²) in [5, 5.41) is 13.7. The molecule has 0 atom stereocenters. The summed E-state index contributed by atoms with van der Waals surface area (Å²) in [6.45, 7) is 2.09. The van der Waals surface area contributed by atoms with Crippen LogP contribution < -0.4 is 5.32 Å². The fraction of sp³-hybridized carbons (Fsp3) is 0.111. The average Bonchev–Trinajstić information content (AvgIpc) is 2.92. The molecule has 0 aromatic heterocycles. The Balaban J connectivity index is 1.86. The number of aliphatic imine (C=N–C) groups is 1. The van der Waals surface area contributed by atoms with Crippen LogP contribution in [-0.2, 0) is 11.2 Å². The van der Waals surface area contributed by atoms with Crippen LogP contribution in [0.1, 0.15) is 18.1 Å². The summed E-state index contributed by atoms with van der Waals surface area (Å²) in [6, 6.07) is 10.8. The van der Waals surface area contributed by atoms with Gasteiger partial charge in [-0.25, -0.2) is 4.99 Å². The SMILES string of the molecule is CCc1ccc(N=C2NC(=O)/C(=C/c3cc(Cl)cc(Cl)c3O)S2)cc1. The number of phenols is 1. The van der Waals surface area contributed by atoms with E-state index in [4.69, 9.17) is 23.2 Å². The van der Waals surface area contributed by atoms with Gasteiger partial charge in [-0.3, -0.25) is 4.79 Å². The van der Waals surface area contributed by atoms with E-state index in [9.17, 15) is 9.90 Å². The highest BCUT2D eigenvalue weighted by atomic mass is 35.5. The third-order valence-corrected chi connectivity index (χ3v) is 4.99. The highest BCUT2D eigenvalue weighted by Crippen LogP contribution is 2.35. The Morgan fingerprint density at radius 3 is 2.64 bits per heavy atom. The van der Waals surface area contributed by atoms with Crippen molar-refractivity contribution in [3.8, 4) is 5.75 Å². The first kappa shape index (κ1) is 17.9. The average molecular weight is 393 g/mol. The van der Waals surface area contributed by atoms with Crippen molar-refractivity contribution in [1.82, 2.24) is 5.32 Å². The molecule has 2 N–H and O–H groups in total. The van der Waals surface area contributed by atoms with Crippen LogP contribution in [0.25, 0.3) is 6.08 Å². The highest BCUT2D eigenvalue weighted by Gasteiger charge is 2.24. The van der Waals surface area contributed by atoms with Gasteiger partial charge in [0.15, 0.2) is 5.17 Å². The predicted octanol–water partition coefficient (Wildman–Crippen LogP) is 5.15. The number of hydrogen-bond acceptors (Lipinski definition) is 4. The smallest absolute Gasteiger partial charge is 0.264 e. The van der Waals surface area contributed by atoms with Crippen molar-refractivity contribution in [3.63, 3.8) is 0 Å². The maximum atomic E-state index is 12.1. The van der Waals surface area contributed by atoms with Crippen LogP contribution in [0.5, 0.6) is 5.75 Å². The number of hydrogen-bond donors (Lipinski definition) is 2. The van der Waals surface area contributed by atoms with Gasteiger partial charge in [-0.05, 0) is 54.1 Å². The number of carbonyl (C=O) groups is 1. The number of aromatic hydroxyl groups is 1. The number of nitrogens with zero attached hydrogens (tertiary/aromatic N) is 1. The molecule has 1 heterocycles. The summed E-state index contributed by atoms with van der Waals surface area (Å²) in [5.74, 6) is -0.406. The van der Waals surface area contributed by atoms with Gasteiger partial charge in [-0.2, -0.15) is 0 Å². The van der Waals surface area contributed by atoms with Crippen molar-refractivity contribution in [1.29, 1.82) is 0 Å². The largest absolute Gasteiger partial charge is 0.506 e. The molecule has 7 heteroatoms. The van der Waals surface area contributed by atoms with Gasteiger partial charge in [0.05, 0.1) is 15.6 Å². The van der Waals surface area contributed by atoms with Gasteiger partial charge in [0.2, 0.25) is 0 Å².